The van der Waals surface area contributed by atoms with Crippen LogP contribution in [0.15, 0.2) is 47.4 Å². The zero-order chi connectivity index (χ0) is 29.9. The first-order valence-electron chi connectivity index (χ1n) is 13.9. The van der Waals surface area contributed by atoms with Crippen LogP contribution in [0.1, 0.15) is 67.6 Å². The van der Waals surface area contributed by atoms with Gasteiger partial charge in [0.1, 0.15) is 12.1 Å². The van der Waals surface area contributed by atoms with Crippen molar-refractivity contribution in [2.45, 2.75) is 69.9 Å². The van der Waals surface area contributed by atoms with Crippen molar-refractivity contribution in [2.75, 3.05) is 26.2 Å². The summed E-state index contributed by atoms with van der Waals surface area (Å²) in [6.45, 7) is 8.89. The van der Waals surface area contributed by atoms with E-state index in [0.717, 1.165) is 36.0 Å². The standard InChI is InChI=1S/C30H39N3O7S/c1-20(23-11-14-32(15-12-23)29(37)40-30(2,3)4)33-16-13-24-18-22(7-10-26(24)28(33)36)17-21-5-8-25(9-6-21)41(38,39)31-19-27(34)35/h5-10,18,20,23,31H,11-17,19H2,1-4H3,(H,34,35). The van der Waals surface area contributed by atoms with Gasteiger partial charge < -0.3 is 19.6 Å². The number of piperidine rings is 1. The number of nitrogens with zero attached hydrogens (tertiary/aromatic N) is 2. The van der Waals surface area contributed by atoms with Crippen LogP contribution in [-0.2, 0) is 32.4 Å². The number of carboxylic acids is 1. The number of hydrogen-bond donors (Lipinski definition) is 2. The zero-order valence-electron chi connectivity index (χ0n) is 24.1. The number of rotatable bonds is 8. The third-order valence-electron chi connectivity index (χ3n) is 7.70. The Morgan fingerprint density at radius 3 is 2.29 bits per heavy atom. The second-order valence-corrected chi connectivity index (χ2v) is 13.6. The van der Waals surface area contributed by atoms with Crippen molar-refractivity contribution >= 4 is 28.0 Å². The van der Waals surface area contributed by atoms with Crippen LogP contribution in [0.4, 0.5) is 4.79 Å². The Bertz CT molecular complexity index is 1390. The molecule has 0 aromatic heterocycles. The molecule has 1 fully saturated rings. The lowest BCUT2D eigenvalue weighted by Crippen LogP contribution is -2.50. The number of ether oxygens (including phenoxy) is 1. The number of carboxylic acid groups (broad SMARTS) is 1. The van der Waals surface area contributed by atoms with Gasteiger partial charge in [0.05, 0.1) is 4.90 Å². The van der Waals surface area contributed by atoms with Crippen LogP contribution in [0, 0.1) is 5.92 Å². The van der Waals surface area contributed by atoms with Crippen LogP contribution in [-0.4, -0.2) is 79.1 Å². The lowest BCUT2D eigenvalue weighted by atomic mass is 9.87. The van der Waals surface area contributed by atoms with Crippen LogP contribution < -0.4 is 4.72 Å². The van der Waals surface area contributed by atoms with Crippen molar-refractivity contribution in [3.8, 4) is 0 Å². The number of sulfonamides is 1. The van der Waals surface area contributed by atoms with Crippen LogP contribution in [0.2, 0.25) is 0 Å². The molecule has 1 atom stereocenters. The highest BCUT2D eigenvalue weighted by molar-refractivity contribution is 7.89. The maximum Gasteiger partial charge on any atom is 0.410 e. The predicted molar refractivity (Wildman–Crippen MR) is 153 cm³/mol. The maximum absolute atomic E-state index is 13.5. The topological polar surface area (TPSA) is 133 Å². The SMILES string of the molecule is CC(C1CCN(C(=O)OC(C)(C)C)CC1)N1CCc2cc(Cc3ccc(S(=O)(=O)NCC(=O)O)cc3)ccc2C1=O. The molecule has 4 rings (SSSR count). The average Bonchev–Trinajstić information content (AvgIpc) is 2.91. The quantitative estimate of drug-likeness (QED) is 0.483. The second kappa shape index (κ2) is 12.2. The fourth-order valence-electron chi connectivity index (χ4n) is 5.47. The summed E-state index contributed by atoms with van der Waals surface area (Å²) in [4.78, 5) is 40.3. The van der Waals surface area contributed by atoms with Gasteiger partial charge in [-0.25, -0.2) is 13.2 Å². The fraction of sp³-hybridized carbons (Fsp3) is 0.500. The Hall–Kier alpha value is -3.44. The van der Waals surface area contributed by atoms with Gasteiger partial charge >= 0.3 is 12.1 Å². The van der Waals surface area contributed by atoms with Gasteiger partial charge in [0.15, 0.2) is 0 Å². The molecule has 41 heavy (non-hydrogen) atoms. The molecule has 2 aliphatic rings. The van der Waals surface area contributed by atoms with E-state index < -0.39 is 28.1 Å². The first kappa shape index (κ1) is 30.5. The number of benzene rings is 2. The number of hydrogen-bond acceptors (Lipinski definition) is 6. The molecule has 0 aliphatic carbocycles. The van der Waals surface area contributed by atoms with Crippen molar-refractivity contribution < 1.29 is 32.6 Å². The fourth-order valence-corrected chi connectivity index (χ4v) is 6.44. The molecule has 11 heteroatoms. The lowest BCUT2D eigenvalue weighted by molar-refractivity contribution is -0.135. The summed E-state index contributed by atoms with van der Waals surface area (Å²) in [7, 11) is -3.89. The number of carbonyl (C=O) groups excluding carboxylic acids is 2. The number of fused-ring (bicyclic) bond motifs is 1. The summed E-state index contributed by atoms with van der Waals surface area (Å²) in [5.74, 6) is -0.915. The minimum Gasteiger partial charge on any atom is -0.480 e. The minimum atomic E-state index is -3.89. The molecule has 1 saturated heterocycles. The number of aliphatic carboxylic acids is 1. The van der Waals surface area contributed by atoms with Crippen molar-refractivity contribution in [2.24, 2.45) is 5.92 Å². The van der Waals surface area contributed by atoms with Gasteiger partial charge in [-0.05, 0) is 94.2 Å². The van der Waals surface area contributed by atoms with Crippen LogP contribution >= 0.6 is 0 Å². The third kappa shape index (κ3) is 7.65. The maximum atomic E-state index is 13.5. The second-order valence-electron chi connectivity index (χ2n) is 11.8. The van der Waals surface area contributed by atoms with Gasteiger partial charge in [-0.15, -0.1) is 0 Å². The Labute approximate surface area is 241 Å². The normalized spacial score (nSPS) is 17.2. The molecule has 0 spiro atoms. The van der Waals surface area contributed by atoms with Gasteiger partial charge in [0, 0.05) is 31.2 Å². The van der Waals surface area contributed by atoms with Gasteiger partial charge in [0.25, 0.3) is 5.91 Å². The number of nitrogens with one attached hydrogen (secondary N) is 1. The Balaban J connectivity index is 1.35. The number of carbonyl (C=O) groups is 3. The summed E-state index contributed by atoms with van der Waals surface area (Å²) in [6, 6.07) is 12.3. The molecule has 2 aromatic carbocycles. The predicted octanol–water partition coefficient (Wildman–Crippen LogP) is 3.67. The minimum absolute atomic E-state index is 0.00302. The third-order valence-corrected chi connectivity index (χ3v) is 9.12. The highest BCUT2D eigenvalue weighted by Crippen LogP contribution is 2.30. The molecule has 0 saturated carbocycles. The highest BCUT2D eigenvalue weighted by Gasteiger charge is 2.35. The van der Waals surface area contributed by atoms with E-state index in [1.165, 1.54) is 12.1 Å². The summed E-state index contributed by atoms with van der Waals surface area (Å²) < 4.78 is 32.0. The Kier molecular flexibility index (Phi) is 9.08. The van der Waals surface area contributed by atoms with E-state index in [0.29, 0.717) is 37.5 Å². The van der Waals surface area contributed by atoms with E-state index in [1.54, 1.807) is 17.0 Å². The summed E-state index contributed by atoms with van der Waals surface area (Å²) in [5.41, 5.74) is 3.12. The van der Waals surface area contributed by atoms with Gasteiger partial charge in [-0.2, -0.15) is 4.72 Å². The van der Waals surface area contributed by atoms with Gasteiger partial charge in [0.2, 0.25) is 10.0 Å². The molecule has 2 heterocycles. The number of amides is 2. The molecule has 0 radical (unpaired) electrons. The number of likely N-dealkylation sites (tertiary alicyclic amines) is 1. The lowest BCUT2D eigenvalue weighted by Gasteiger charge is -2.41. The Morgan fingerprint density at radius 1 is 1.05 bits per heavy atom. The summed E-state index contributed by atoms with van der Waals surface area (Å²) >= 11 is 0. The molecule has 2 N–H and O–H groups in total. The molecule has 0 bridgehead atoms. The van der Waals surface area contributed by atoms with E-state index in [9.17, 15) is 22.8 Å². The van der Waals surface area contributed by atoms with E-state index >= 15 is 0 Å². The van der Waals surface area contributed by atoms with Crippen LogP contribution in [0.3, 0.4) is 0 Å². The van der Waals surface area contributed by atoms with E-state index in [-0.39, 0.29) is 22.9 Å². The molecule has 1 unspecified atom stereocenters. The van der Waals surface area contributed by atoms with E-state index in [4.69, 9.17) is 9.84 Å². The van der Waals surface area contributed by atoms with Crippen molar-refractivity contribution in [1.82, 2.24) is 14.5 Å². The molecule has 2 amide bonds. The van der Waals surface area contributed by atoms with Gasteiger partial charge in [-0.3, -0.25) is 9.59 Å². The largest absolute Gasteiger partial charge is 0.480 e. The van der Waals surface area contributed by atoms with Gasteiger partial charge in [-0.1, -0.05) is 24.3 Å². The summed E-state index contributed by atoms with van der Waals surface area (Å²) in [5, 5.41) is 8.72. The molecule has 10 nitrogen and oxygen atoms in total. The Morgan fingerprint density at radius 2 is 1.68 bits per heavy atom. The van der Waals surface area contributed by atoms with E-state index in [2.05, 4.69) is 6.92 Å². The molecular weight excluding hydrogens is 546 g/mol. The first-order chi connectivity index (χ1) is 19.2. The zero-order valence-corrected chi connectivity index (χ0v) is 24.9. The smallest absolute Gasteiger partial charge is 0.410 e. The average molecular weight is 586 g/mol. The van der Waals surface area contributed by atoms with Crippen LogP contribution in [0.5, 0.6) is 0 Å². The monoisotopic (exact) mass is 585 g/mol. The van der Waals surface area contributed by atoms with E-state index in [1.807, 2.05) is 48.6 Å². The van der Waals surface area contributed by atoms with Crippen molar-refractivity contribution in [3.63, 3.8) is 0 Å². The van der Waals surface area contributed by atoms with Crippen LogP contribution in [0.25, 0.3) is 0 Å². The molecular formula is C30H39N3O7S. The first-order valence-corrected chi connectivity index (χ1v) is 15.4. The summed E-state index contributed by atoms with van der Waals surface area (Å²) in [6.07, 6.45) is 2.69. The molecule has 2 aliphatic heterocycles. The molecule has 2 aromatic rings. The van der Waals surface area contributed by atoms with Crippen molar-refractivity contribution in [1.29, 1.82) is 0 Å². The highest BCUT2D eigenvalue weighted by atomic mass is 32.2. The van der Waals surface area contributed by atoms with Crippen molar-refractivity contribution in [3.05, 3.63) is 64.7 Å². The molecule has 222 valence electrons.